The minimum atomic E-state index is -1.11. The normalized spacial score (nSPS) is 10.7. The maximum absolute atomic E-state index is 11.8. The summed E-state index contributed by atoms with van der Waals surface area (Å²) in [6, 6.07) is 10.9. The van der Waals surface area contributed by atoms with E-state index < -0.39 is 5.97 Å². The second-order valence-corrected chi connectivity index (χ2v) is 4.28. The standard InChI is InChI=1S/C15H14N2O3/c1-10-9-12(14(16-10)15(19)20)17-13(18)8-7-11-5-3-2-4-6-11/h2-9,16H,1H3,(H,17,18)(H,19,20)/b8-7+. The van der Waals surface area contributed by atoms with Crippen LogP contribution in [0.25, 0.3) is 6.08 Å². The summed E-state index contributed by atoms with van der Waals surface area (Å²) in [7, 11) is 0. The molecule has 0 spiro atoms. The molecule has 0 aliphatic heterocycles. The van der Waals surface area contributed by atoms with Crippen LogP contribution >= 0.6 is 0 Å². The van der Waals surface area contributed by atoms with Crippen molar-refractivity contribution in [2.75, 3.05) is 5.32 Å². The average Bonchev–Trinajstić information content (AvgIpc) is 2.79. The Balaban J connectivity index is 2.09. The average molecular weight is 270 g/mol. The Hall–Kier alpha value is -2.82. The Kier molecular flexibility index (Phi) is 4.00. The minimum absolute atomic E-state index is 0.0241. The van der Waals surface area contributed by atoms with Gasteiger partial charge < -0.3 is 15.4 Å². The molecule has 20 heavy (non-hydrogen) atoms. The SMILES string of the molecule is Cc1cc(NC(=O)/C=C/c2ccccc2)c(C(=O)O)[nH]1. The van der Waals surface area contributed by atoms with Gasteiger partial charge in [-0.05, 0) is 24.6 Å². The molecule has 0 fully saturated rings. The highest BCUT2D eigenvalue weighted by atomic mass is 16.4. The van der Waals surface area contributed by atoms with Crippen LogP contribution in [0.1, 0.15) is 21.7 Å². The van der Waals surface area contributed by atoms with Gasteiger partial charge in [-0.25, -0.2) is 4.79 Å². The maximum Gasteiger partial charge on any atom is 0.354 e. The summed E-state index contributed by atoms with van der Waals surface area (Å²) in [5.74, 6) is -1.49. The summed E-state index contributed by atoms with van der Waals surface area (Å²) in [6.07, 6.45) is 3.03. The Morgan fingerprint density at radius 2 is 1.95 bits per heavy atom. The van der Waals surface area contributed by atoms with Gasteiger partial charge in [-0.15, -0.1) is 0 Å². The second kappa shape index (κ2) is 5.88. The highest BCUT2D eigenvalue weighted by molar-refractivity contribution is 6.05. The molecular formula is C15H14N2O3. The van der Waals surface area contributed by atoms with Crippen LogP contribution < -0.4 is 5.32 Å². The highest BCUT2D eigenvalue weighted by Crippen LogP contribution is 2.16. The van der Waals surface area contributed by atoms with Crippen molar-refractivity contribution in [3.05, 3.63) is 59.4 Å². The number of aromatic nitrogens is 1. The van der Waals surface area contributed by atoms with Crippen molar-refractivity contribution in [1.82, 2.24) is 4.98 Å². The number of aryl methyl sites for hydroxylation is 1. The van der Waals surface area contributed by atoms with Crippen LogP contribution in [0.5, 0.6) is 0 Å². The lowest BCUT2D eigenvalue weighted by Crippen LogP contribution is -2.10. The maximum atomic E-state index is 11.8. The zero-order valence-corrected chi connectivity index (χ0v) is 10.9. The molecule has 0 atom stereocenters. The van der Waals surface area contributed by atoms with Gasteiger partial charge >= 0.3 is 5.97 Å². The van der Waals surface area contributed by atoms with Crippen LogP contribution in [0.3, 0.4) is 0 Å². The first kappa shape index (κ1) is 13.6. The Morgan fingerprint density at radius 3 is 2.60 bits per heavy atom. The van der Waals surface area contributed by atoms with Crippen LogP contribution in [0, 0.1) is 6.92 Å². The van der Waals surface area contributed by atoms with Crippen LogP contribution in [0.15, 0.2) is 42.5 Å². The predicted molar refractivity (Wildman–Crippen MR) is 76.6 cm³/mol. The van der Waals surface area contributed by atoms with E-state index in [9.17, 15) is 9.59 Å². The van der Waals surface area contributed by atoms with Crippen LogP contribution in [0.2, 0.25) is 0 Å². The lowest BCUT2D eigenvalue weighted by molar-refractivity contribution is -0.111. The summed E-state index contributed by atoms with van der Waals surface area (Å²) < 4.78 is 0. The molecule has 0 bridgehead atoms. The molecule has 1 heterocycles. The smallest absolute Gasteiger partial charge is 0.354 e. The molecule has 3 N–H and O–H groups in total. The van der Waals surface area contributed by atoms with Crippen molar-refractivity contribution >= 4 is 23.6 Å². The fourth-order valence-corrected chi connectivity index (χ4v) is 1.77. The molecular weight excluding hydrogens is 256 g/mol. The van der Waals surface area contributed by atoms with Gasteiger partial charge in [-0.3, -0.25) is 4.79 Å². The number of anilines is 1. The topological polar surface area (TPSA) is 82.2 Å². The summed E-state index contributed by atoms with van der Waals surface area (Å²) in [5.41, 5.74) is 1.80. The van der Waals surface area contributed by atoms with Gasteiger partial charge in [0.05, 0.1) is 5.69 Å². The number of benzene rings is 1. The van der Waals surface area contributed by atoms with Gasteiger partial charge in [0.1, 0.15) is 5.69 Å². The van der Waals surface area contributed by atoms with E-state index in [0.29, 0.717) is 5.69 Å². The molecule has 0 radical (unpaired) electrons. The van der Waals surface area contributed by atoms with Gasteiger partial charge in [0.2, 0.25) is 5.91 Å². The number of carboxylic acids is 1. The molecule has 0 saturated heterocycles. The lowest BCUT2D eigenvalue weighted by atomic mass is 10.2. The quantitative estimate of drug-likeness (QED) is 0.747. The number of carbonyl (C=O) groups is 2. The van der Waals surface area contributed by atoms with E-state index in [1.54, 1.807) is 19.1 Å². The van der Waals surface area contributed by atoms with Gasteiger partial charge in [0.15, 0.2) is 0 Å². The zero-order chi connectivity index (χ0) is 14.5. The first-order valence-corrected chi connectivity index (χ1v) is 6.03. The van der Waals surface area contributed by atoms with E-state index in [-0.39, 0.29) is 17.3 Å². The molecule has 102 valence electrons. The molecule has 0 saturated carbocycles. The first-order valence-electron chi connectivity index (χ1n) is 6.03. The Bertz CT molecular complexity index is 657. The molecule has 0 aliphatic rings. The molecule has 1 amide bonds. The van der Waals surface area contributed by atoms with Crippen molar-refractivity contribution in [2.45, 2.75) is 6.92 Å². The molecule has 0 unspecified atom stereocenters. The Morgan fingerprint density at radius 1 is 1.25 bits per heavy atom. The van der Waals surface area contributed by atoms with E-state index in [1.807, 2.05) is 30.3 Å². The largest absolute Gasteiger partial charge is 0.477 e. The van der Waals surface area contributed by atoms with Crippen LogP contribution in [0.4, 0.5) is 5.69 Å². The van der Waals surface area contributed by atoms with Crippen molar-refractivity contribution in [1.29, 1.82) is 0 Å². The molecule has 1 aromatic carbocycles. The number of nitrogens with one attached hydrogen (secondary N) is 2. The van der Waals surface area contributed by atoms with E-state index in [1.165, 1.54) is 6.08 Å². The third-order valence-electron chi connectivity index (χ3n) is 2.65. The number of rotatable bonds is 4. The molecule has 5 nitrogen and oxygen atoms in total. The summed E-state index contributed by atoms with van der Waals surface area (Å²) >= 11 is 0. The number of aromatic carboxylic acids is 1. The summed E-state index contributed by atoms with van der Waals surface area (Å²) in [6.45, 7) is 1.72. The van der Waals surface area contributed by atoms with Gasteiger partial charge in [-0.2, -0.15) is 0 Å². The highest BCUT2D eigenvalue weighted by Gasteiger charge is 2.14. The van der Waals surface area contributed by atoms with Gasteiger partial charge in [-0.1, -0.05) is 30.3 Å². The monoisotopic (exact) mass is 270 g/mol. The first-order chi connectivity index (χ1) is 9.56. The van der Waals surface area contributed by atoms with Gasteiger partial charge in [0, 0.05) is 11.8 Å². The number of carbonyl (C=O) groups excluding carboxylic acids is 1. The summed E-state index contributed by atoms with van der Waals surface area (Å²) in [4.78, 5) is 25.4. The van der Waals surface area contributed by atoms with Gasteiger partial charge in [0.25, 0.3) is 0 Å². The van der Waals surface area contributed by atoms with Crippen molar-refractivity contribution < 1.29 is 14.7 Å². The van der Waals surface area contributed by atoms with E-state index in [4.69, 9.17) is 5.11 Å². The summed E-state index contributed by atoms with van der Waals surface area (Å²) in [5, 5.41) is 11.5. The fraction of sp³-hybridized carbons (Fsp3) is 0.0667. The molecule has 2 rings (SSSR count). The fourth-order valence-electron chi connectivity index (χ4n) is 1.77. The van der Waals surface area contributed by atoms with Crippen molar-refractivity contribution in [3.63, 3.8) is 0 Å². The van der Waals surface area contributed by atoms with Crippen molar-refractivity contribution in [2.24, 2.45) is 0 Å². The molecule has 5 heteroatoms. The van der Waals surface area contributed by atoms with E-state index in [2.05, 4.69) is 10.3 Å². The zero-order valence-electron chi connectivity index (χ0n) is 10.9. The second-order valence-electron chi connectivity index (χ2n) is 4.28. The lowest BCUT2D eigenvalue weighted by Gasteiger charge is -2.00. The predicted octanol–water partition coefficient (Wildman–Crippen LogP) is 2.67. The number of hydrogen-bond donors (Lipinski definition) is 3. The number of H-pyrrole nitrogens is 1. The third-order valence-corrected chi connectivity index (χ3v) is 2.65. The molecule has 1 aromatic heterocycles. The molecule has 2 aromatic rings. The number of hydrogen-bond acceptors (Lipinski definition) is 2. The number of carboxylic acid groups (broad SMARTS) is 1. The number of aromatic amines is 1. The molecule has 0 aliphatic carbocycles. The van der Waals surface area contributed by atoms with E-state index >= 15 is 0 Å². The third kappa shape index (κ3) is 3.35. The van der Waals surface area contributed by atoms with Crippen LogP contribution in [-0.4, -0.2) is 22.0 Å². The number of amides is 1. The minimum Gasteiger partial charge on any atom is -0.477 e. The Labute approximate surface area is 115 Å². The van der Waals surface area contributed by atoms with E-state index in [0.717, 1.165) is 5.56 Å². The van der Waals surface area contributed by atoms with Crippen molar-refractivity contribution in [3.8, 4) is 0 Å². The van der Waals surface area contributed by atoms with Crippen LogP contribution in [-0.2, 0) is 4.79 Å².